The Morgan fingerprint density at radius 3 is 2.43 bits per heavy atom. The monoisotopic (exact) mass is 497 g/mol. The van der Waals surface area contributed by atoms with Gasteiger partial charge in [0.2, 0.25) is 5.95 Å². The van der Waals surface area contributed by atoms with Gasteiger partial charge < -0.3 is 19.9 Å². The Hall–Kier alpha value is -4.80. The minimum Gasteiger partial charge on any atom is -0.410 e. The fourth-order valence-corrected chi connectivity index (χ4v) is 4.09. The second kappa shape index (κ2) is 9.01. The molecule has 0 aliphatic carbocycles. The van der Waals surface area contributed by atoms with Gasteiger partial charge in [-0.05, 0) is 56.7 Å². The third kappa shape index (κ3) is 4.58. The van der Waals surface area contributed by atoms with Crippen molar-refractivity contribution >= 4 is 23.1 Å². The largest absolute Gasteiger partial charge is 0.414 e. The van der Waals surface area contributed by atoms with Crippen LogP contribution in [-0.2, 0) is 5.54 Å². The summed E-state index contributed by atoms with van der Waals surface area (Å²) in [5.41, 5.74) is 10.3. The number of rotatable bonds is 4. The Bertz CT molecular complexity index is 1580. The summed E-state index contributed by atoms with van der Waals surface area (Å²) in [7, 11) is 3.27. The summed E-state index contributed by atoms with van der Waals surface area (Å²) >= 11 is 0. The molecule has 0 bridgehead atoms. The zero-order valence-corrected chi connectivity index (χ0v) is 21.2. The van der Waals surface area contributed by atoms with E-state index in [-0.39, 0.29) is 11.5 Å². The molecule has 3 aromatic heterocycles. The van der Waals surface area contributed by atoms with Crippen LogP contribution in [0.1, 0.15) is 20.8 Å². The Labute approximate surface area is 213 Å². The topological polar surface area (TPSA) is 130 Å². The lowest BCUT2D eigenvalue weighted by Crippen LogP contribution is -2.25. The summed E-state index contributed by atoms with van der Waals surface area (Å²) in [5, 5.41) is 4.33. The predicted molar refractivity (Wildman–Crippen MR) is 140 cm³/mol. The normalized spacial score (nSPS) is 11.6. The number of nitrogens with two attached hydrogens (primary N) is 1. The van der Waals surface area contributed by atoms with Crippen LogP contribution in [0.5, 0.6) is 5.75 Å². The summed E-state index contributed by atoms with van der Waals surface area (Å²) in [6.07, 6.45) is 6.00. The fraction of sp³-hybridized carbons (Fsp3) is 0.231. The zero-order valence-electron chi connectivity index (χ0n) is 21.2. The van der Waals surface area contributed by atoms with Gasteiger partial charge in [0.15, 0.2) is 0 Å². The molecule has 37 heavy (non-hydrogen) atoms. The molecule has 0 radical (unpaired) electrons. The molecule has 3 heterocycles. The first kappa shape index (κ1) is 23.9. The van der Waals surface area contributed by atoms with Crippen LogP contribution in [0.15, 0.2) is 61.4 Å². The number of hydrogen-bond donors (Lipinski definition) is 1. The summed E-state index contributed by atoms with van der Waals surface area (Å²) in [4.78, 5) is 31.0. The standard InChI is InChI=1S/C26H27N9O2/c1-26(2,3)35-22-8-6-16(17-12-29-24(27)30-13-17)10-20(22)32-23(35)19-11-18(37-25(36)33(4)5)7-9-21(19)34-15-28-14-31-34/h6-15H,1-5H3,(H2,27,29,30). The molecular weight excluding hydrogens is 470 g/mol. The number of nitrogens with zero attached hydrogens (tertiary/aromatic N) is 8. The molecule has 5 rings (SSSR count). The molecule has 2 N–H and O–H groups in total. The zero-order chi connectivity index (χ0) is 26.3. The molecule has 0 saturated carbocycles. The van der Waals surface area contributed by atoms with Crippen molar-refractivity contribution in [3.8, 4) is 34.0 Å². The Kier molecular flexibility index (Phi) is 5.82. The van der Waals surface area contributed by atoms with Crippen LogP contribution in [-0.4, -0.2) is 59.4 Å². The number of hydrogen-bond acceptors (Lipinski definition) is 8. The van der Waals surface area contributed by atoms with E-state index in [9.17, 15) is 4.79 Å². The molecule has 0 atom stereocenters. The van der Waals surface area contributed by atoms with Crippen molar-refractivity contribution in [1.29, 1.82) is 0 Å². The first-order valence-corrected chi connectivity index (χ1v) is 11.6. The molecule has 0 fully saturated rings. The van der Waals surface area contributed by atoms with Crippen molar-refractivity contribution in [2.75, 3.05) is 19.8 Å². The molecule has 0 unspecified atom stereocenters. The van der Waals surface area contributed by atoms with Crippen LogP contribution < -0.4 is 10.5 Å². The number of benzene rings is 2. The number of imidazole rings is 1. The second-order valence-corrected chi connectivity index (χ2v) is 9.76. The van der Waals surface area contributed by atoms with Gasteiger partial charge in [0.25, 0.3) is 0 Å². The van der Waals surface area contributed by atoms with E-state index < -0.39 is 6.09 Å². The maximum Gasteiger partial charge on any atom is 0.414 e. The van der Waals surface area contributed by atoms with Crippen molar-refractivity contribution in [1.82, 2.24) is 39.2 Å². The minimum absolute atomic E-state index is 0.222. The summed E-state index contributed by atoms with van der Waals surface area (Å²) in [6.45, 7) is 6.35. The molecule has 11 nitrogen and oxygen atoms in total. The molecule has 2 aromatic carbocycles. The quantitative estimate of drug-likeness (QED) is 0.392. The fourth-order valence-electron chi connectivity index (χ4n) is 4.09. The highest BCUT2D eigenvalue weighted by atomic mass is 16.6. The lowest BCUT2D eigenvalue weighted by atomic mass is 10.0. The van der Waals surface area contributed by atoms with Gasteiger partial charge in [0.1, 0.15) is 24.2 Å². The lowest BCUT2D eigenvalue weighted by molar-refractivity contribution is 0.172. The van der Waals surface area contributed by atoms with Crippen molar-refractivity contribution in [2.45, 2.75) is 26.3 Å². The number of ether oxygens (including phenoxy) is 1. The SMILES string of the molecule is CN(C)C(=O)Oc1ccc(-n2cncn2)c(-c2nc3cc(-c4cnc(N)nc4)ccc3n2C(C)(C)C)c1. The lowest BCUT2D eigenvalue weighted by Gasteiger charge is -2.25. The number of fused-ring (bicyclic) bond motifs is 1. The molecule has 5 aromatic rings. The maximum absolute atomic E-state index is 12.3. The third-order valence-electron chi connectivity index (χ3n) is 5.78. The predicted octanol–water partition coefficient (Wildman–Crippen LogP) is 4.14. The van der Waals surface area contributed by atoms with Gasteiger partial charge in [-0.3, -0.25) is 0 Å². The highest BCUT2D eigenvalue weighted by molar-refractivity contribution is 5.87. The first-order valence-electron chi connectivity index (χ1n) is 11.6. The van der Waals surface area contributed by atoms with Gasteiger partial charge in [0, 0.05) is 43.2 Å². The maximum atomic E-state index is 12.3. The molecule has 188 valence electrons. The molecule has 0 spiro atoms. The Morgan fingerprint density at radius 1 is 1.03 bits per heavy atom. The molecule has 0 saturated heterocycles. The van der Waals surface area contributed by atoms with E-state index in [0.717, 1.165) is 33.4 Å². The van der Waals surface area contributed by atoms with E-state index in [1.807, 2.05) is 24.3 Å². The van der Waals surface area contributed by atoms with Gasteiger partial charge in [-0.25, -0.2) is 29.4 Å². The van der Waals surface area contributed by atoms with Gasteiger partial charge in [-0.1, -0.05) is 6.07 Å². The van der Waals surface area contributed by atoms with Gasteiger partial charge in [0.05, 0.1) is 16.7 Å². The van der Waals surface area contributed by atoms with Crippen molar-refractivity contribution in [3.63, 3.8) is 0 Å². The van der Waals surface area contributed by atoms with E-state index in [4.69, 9.17) is 15.5 Å². The van der Waals surface area contributed by atoms with Crippen LogP contribution in [0.4, 0.5) is 10.7 Å². The summed E-state index contributed by atoms with van der Waals surface area (Å²) in [5.74, 6) is 1.31. The Balaban J connectivity index is 1.73. The number of anilines is 1. The van der Waals surface area contributed by atoms with Gasteiger partial charge >= 0.3 is 6.09 Å². The molecule has 0 aliphatic heterocycles. The molecule has 1 amide bonds. The molecular formula is C26H27N9O2. The highest BCUT2D eigenvalue weighted by Gasteiger charge is 2.25. The van der Waals surface area contributed by atoms with Crippen LogP contribution in [0.3, 0.4) is 0 Å². The van der Waals surface area contributed by atoms with Crippen molar-refractivity contribution in [3.05, 3.63) is 61.4 Å². The van der Waals surface area contributed by atoms with E-state index >= 15 is 0 Å². The van der Waals surface area contributed by atoms with E-state index in [1.165, 1.54) is 11.2 Å². The highest BCUT2D eigenvalue weighted by Crippen LogP contribution is 2.37. The first-order chi connectivity index (χ1) is 17.6. The minimum atomic E-state index is -0.473. The van der Waals surface area contributed by atoms with Crippen LogP contribution in [0.25, 0.3) is 39.2 Å². The third-order valence-corrected chi connectivity index (χ3v) is 5.78. The smallest absolute Gasteiger partial charge is 0.410 e. The summed E-state index contributed by atoms with van der Waals surface area (Å²) in [6, 6.07) is 11.4. The van der Waals surface area contributed by atoms with E-state index in [0.29, 0.717) is 11.6 Å². The summed E-state index contributed by atoms with van der Waals surface area (Å²) < 4.78 is 9.41. The van der Waals surface area contributed by atoms with Crippen molar-refractivity contribution in [2.24, 2.45) is 0 Å². The Morgan fingerprint density at radius 2 is 1.78 bits per heavy atom. The van der Waals surface area contributed by atoms with E-state index in [1.54, 1.807) is 49.6 Å². The van der Waals surface area contributed by atoms with Gasteiger partial charge in [-0.2, -0.15) is 5.10 Å². The number of aromatic nitrogens is 7. The van der Waals surface area contributed by atoms with Crippen LogP contribution >= 0.6 is 0 Å². The van der Waals surface area contributed by atoms with Gasteiger partial charge in [-0.15, -0.1) is 0 Å². The number of amides is 1. The number of carbonyl (C=O) groups excluding carboxylic acids is 1. The number of nitrogen functional groups attached to an aromatic ring is 1. The molecule has 0 aliphatic rings. The second-order valence-electron chi connectivity index (χ2n) is 9.76. The van der Waals surface area contributed by atoms with Crippen molar-refractivity contribution < 1.29 is 9.53 Å². The average Bonchev–Trinajstić information content (AvgIpc) is 3.52. The average molecular weight is 498 g/mol. The molecule has 11 heteroatoms. The van der Waals surface area contributed by atoms with E-state index in [2.05, 4.69) is 45.4 Å². The van der Waals surface area contributed by atoms with Crippen LogP contribution in [0.2, 0.25) is 0 Å². The number of carbonyl (C=O) groups is 1. The van der Waals surface area contributed by atoms with Crippen LogP contribution in [0, 0.1) is 0 Å².